The van der Waals surface area contributed by atoms with Gasteiger partial charge in [0, 0.05) is 26.5 Å². The number of ether oxygens (including phenoxy) is 3. The summed E-state index contributed by atoms with van der Waals surface area (Å²) in [6.45, 7) is 6.61. The minimum absolute atomic E-state index is 0.268. The van der Waals surface area contributed by atoms with E-state index >= 15 is 0 Å². The molecule has 1 amide bonds. The number of halogens is 1. The lowest BCUT2D eigenvalue weighted by Gasteiger charge is -2.13. The Kier molecular flexibility index (Phi) is 9.22. The average Bonchev–Trinajstić information content (AvgIpc) is 3.41. The van der Waals surface area contributed by atoms with Crippen molar-refractivity contribution in [1.82, 2.24) is 10.4 Å². The minimum atomic E-state index is -0.578. The summed E-state index contributed by atoms with van der Waals surface area (Å²) in [4.78, 5) is 29.8. The van der Waals surface area contributed by atoms with Crippen LogP contribution in [-0.4, -0.2) is 36.3 Å². The number of rotatable bonds is 10. The van der Waals surface area contributed by atoms with Crippen LogP contribution >= 0.6 is 15.9 Å². The van der Waals surface area contributed by atoms with Gasteiger partial charge in [-0.15, -0.1) is 0 Å². The molecule has 2 N–H and O–H groups in total. The van der Waals surface area contributed by atoms with Gasteiger partial charge < -0.3 is 19.2 Å². The summed E-state index contributed by atoms with van der Waals surface area (Å²) in [5, 5.41) is 5.15. The molecule has 0 radical (unpaired) electrons. The second-order valence-electron chi connectivity index (χ2n) is 9.54. The maximum Gasteiger partial charge on any atom is 0.343 e. The van der Waals surface area contributed by atoms with Gasteiger partial charge in [0.1, 0.15) is 11.4 Å². The highest BCUT2D eigenvalue weighted by molar-refractivity contribution is 9.10. The first-order valence-corrected chi connectivity index (χ1v) is 14.6. The van der Waals surface area contributed by atoms with Crippen molar-refractivity contribution in [3.8, 4) is 28.4 Å². The molecule has 5 aromatic rings. The molecule has 0 bridgehead atoms. The molecular formula is C34H30BrN3O5. The van der Waals surface area contributed by atoms with Crippen molar-refractivity contribution in [2.24, 2.45) is 5.10 Å². The van der Waals surface area contributed by atoms with Crippen molar-refractivity contribution in [3.63, 3.8) is 0 Å². The van der Waals surface area contributed by atoms with E-state index < -0.39 is 11.9 Å². The van der Waals surface area contributed by atoms with Gasteiger partial charge in [0.05, 0.1) is 25.0 Å². The second-order valence-corrected chi connectivity index (χ2v) is 10.5. The molecule has 0 saturated carbocycles. The van der Waals surface area contributed by atoms with Gasteiger partial charge in [0.25, 0.3) is 5.91 Å². The zero-order valence-corrected chi connectivity index (χ0v) is 25.5. The molecule has 0 aliphatic carbocycles. The number of esters is 1. The molecule has 5 rings (SSSR count). The Morgan fingerprint density at radius 3 is 2.40 bits per heavy atom. The van der Waals surface area contributed by atoms with E-state index in [9.17, 15) is 9.59 Å². The number of H-pyrrole nitrogens is 1. The van der Waals surface area contributed by atoms with Crippen LogP contribution < -0.4 is 19.6 Å². The van der Waals surface area contributed by atoms with Crippen molar-refractivity contribution >= 4 is 44.9 Å². The number of benzene rings is 4. The molecule has 1 heterocycles. The Balaban J connectivity index is 1.39. The number of carbonyl (C=O) groups is 2. The van der Waals surface area contributed by atoms with Crippen LogP contribution in [0.15, 0.2) is 94.5 Å². The van der Waals surface area contributed by atoms with Crippen LogP contribution in [0, 0.1) is 6.92 Å². The third kappa shape index (κ3) is 6.62. The Morgan fingerprint density at radius 2 is 1.63 bits per heavy atom. The molecule has 1 aromatic heterocycles. The highest BCUT2D eigenvalue weighted by Crippen LogP contribution is 2.34. The number of aryl methyl sites for hydroxylation is 1. The average molecular weight is 641 g/mol. The number of para-hydroxylation sites is 1. The van der Waals surface area contributed by atoms with Crippen molar-refractivity contribution in [1.29, 1.82) is 0 Å². The molecule has 0 unspecified atom stereocenters. The van der Waals surface area contributed by atoms with Gasteiger partial charge >= 0.3 is 5.97 Å². The van der Waals surface area contributed by atoms with Crippen molar-refractivity contribution in [2.45, 2.75) is 20.8 Å². The second kappa shape index (κ2) is 13.4. The number of fused-ring (bicyclic) bond motifs is 1. The lowest BCUT2D eigenvalue weighted by molar-refractivity contribution is 0.0733. The van der Waals surface area contributed by atoms with E-state index in [0.717, 1.165) is 32.1 Å². The fourth-order valence-corrected chi connectivity index (χ4v) is 5.08. The Morgan fingerprint density at radius 1 is 0.884 bits per heavy atom. The first kappa shape index (κ1) is 29.6. The van der Waals surface area contributed by atoms with Crippen LogP contribution in [0.25, 0.3) is 22.0 Å². The first-order chi connectivity index (χ1) is 20.9. The zero-order valence-electron chi connectivity index (χ0n) is 23.9. The molecule has 4 aromatic carbocycles. The third-order valence-corrected chi connectivity index (χ3v) is 7.15. The fourth-order valence-electron chi connectivity index (χ4n) is 4.71. The Hall–Kier alpha value is -4.89. The van der Waals surface area contributed by atoms with Crippen LogP contribution in [0.5, 0.6) is 17.2 Å². The number of aromatic amines is 1. The van der Waals surface area contributed by atoms with Gasteiger partial charge in [-0.1, -0.05) is 64.5 Å². The van der Waals surface area contributed by atoms with Crippen LogP contribution in [0.1, 0.15) is 45.8 Å². The number of hydrogen-bond acceptors (Lipinski definition) is 6. The molecule has 0 saturated heterocycles. The number of nitrogens with zero attached hydrogens (tertiary/aromatic N) is 1. The van der Waals surface area contributed by atoms with E-state index in [4.69, 9.17) is 14.2 Å². The van der Waals surface area contributed by atoms with Crippen molar-refractivity contribution in [2.75, 3.05) is 13.2 Å². The van der Waals surface area contributed by atoms with Gasteiger partial charge in [-0.25, -0.2) is 10.2 Å². The lowest BCUT2D eigenvalue weighted by atomic mass is 10.0. The Bertz CT molecular complexity index is 1810. The molecule has 218 valence electrons. The van der Waals surface area contributed by atoms with E-state index in [-0.39, 0.29) is 5.75 Å². The summed E-state index contributed by atoms with van der Waals surface area (Å²) in [6, 6.07) is 25.7. The predicted molar refractivity (Wildman–Crippen MR) is 171 cm³/mol. The lowest BCUT2D eigenvalue weighted by Crippen LogP contribution is -2.19. The summed E-state index contributed by atoms with van der Waals surface area (Å²) in [6.07, 6.45) is 1.44. The van der Waals surface area contributed by atoms with E-state index in [1.807, 2.05) is 69.3 Å². The normalized spacial score (nSPS) is 11.1. The molecule has 0 spiro atoms. The SMILES string of the molecule is CCOc1ccc(C(=O)Oc2ccc(Br)cc2C=NNC(=O)c2[nH]c3c(C)cccc3c2-c2ccccc2)cc1OCC. The number of aromatic nitrogens is 1. The smallest absolute Gasteiger partial charge is 0.343 e. The van der Waals surface area contributed by atoms with Gasteiger partial charge in [0.2, 0.25) is 0 Å². The first-order valence-electron chi connectivity index (χ1n) is 13.8. The highest BCUT2D eigenvalue weighted by atomic mass is 79.9. The van der Waals surface area contributed by atoms with E-state index in [0.29, 0.717) is 41.5 Å². The molecule has 0 atom stereocenters. The van der Waals surface area contributed by atoms with Gasteiger partial charge in [-0.05, 0) is 68.3 Å². The van der Waals surface area contributed by atoms with E-state index in [1.165, 1.54) is 6.21 Å². The highest BCUT2D eigenvalue weighted by Gasteiger charge is 2.20. The zero-order chi connectivity index (χ0) is 30.3. The van der Waals surface area contributed by atoms with Gasteiger partial charge in [-0.3, -0.25) is 4.79 Å². The van der Waals surface area contributed by atoms with Gasteiger partial charge in [-0.2, -0.15) is 5.10 Å². The quantitative estimate of drug-likeness (QED) is 0.0706. The maximum atomic E-state index is 13.4. The van der Waals surface area contributed by atoms with Crippen LogP contribution in [0.2, 0.25) is 0 Å². The number of hydrazone groups is 1. The maximum absolute atomic E-state index is 13.4. The standard InChI is InChI=1S/C34H30BrN3O5/c1-4-41-28-16-14-23(19-29(28)42-5-2)34(40)43-27-17-15-25(35)18-24(27)20-36-38-33(39)32-30(22-11-7-6-8-12-22)26-13-9-10-21(3)31(26)37-32/h6-20,37H,4-5H2,1-3H3,(H,38,39). The topological polar surface area (TPSA) is 102 Å². The monoisotopic (exact) mass is 639 g/mol. The molecular weight excluding hydrogens is 610 g/mol. The third-order valence-electron chi connectivity index (χ3n) is 6.65. The van der Waals surface area contributed by atoms with E-state index in [1.54, 1.807) is 36.4 Å². The summed E-state index contributed by atoms with van der Waals surface area (Å²) in [5.41, 5.74) is 7.43. The Labute approximate surface area is 257 Å². The van der Waals surface area contributed by atoms with Crippen LogP contribution in [-0.2, 0) is 0 Å². The minimum Gasteiger partial charge on any atom is -0.490 e. The number of carbonyl (C=O) groups excluding carboxylic acids is 2. The summed E-state index contributed by atoms with van der Waals surface area (Å²) < 4.78 is 17.7. The molecule has 0 aliphatic rings. The molecule has 43 heavy (non-hydrogen) atoms. The summed E-state index contributed by atoms with van der Waals surface area (Å²) in [7, 11) is 0. The van der Waals surface area contributed by atoms with Crippen LogP contribution in [0.3, 0.4) is 0 Å². The predicted octanol–water partition coefficient (Wildman–Crippen LogP) is 7.69. The van der Waals surface area contributed by atoms with Gasteiger partial charge in [0.15, 0.2) is 11.5 Å². The number of amides is 1. The number of nitrogens with one attached hydrogen (secondary N) is 2. The molecule has 9 heteroatoms. The summed E-state index contributed by atoms with van der Waals surface area (Å²) in [5.74, 6) is 0.294. The molecule has 0 fully saturated rings. The molecule has 8 nitrogen and oxygen atoms in total. The van der Waals surface area contributed by atoms with Crippen molar-refractivity contribution in [3.05, 3.63) is 112 Å². The van der Waals surface area contributed by atoms with E-state index in [2.05, 4.69) is 31.4 Å². The largest absolute Gasteiger partial charge is 0.490 e. The van der Waals surface area contributed by atoms with Crippen molar-refractivity contribution < 1.29 is 23.8 Å². The number of hydrogen-bond donors (Lipinski definition) is 2. The molecule has 0 aliphatic heterocycles. The fraction of sp³-hybridized carbons (Fsp3) is 0.147. The summed E-state index contributed by atoms with van der Waals surface area (Å²) >= 11 is 3.45. The van der Waals surface area contributed by atoms with Crippen LogP contribution in [0.4, 0.5) is 0 Å².